The van der Waals surface area contributed by atoms with E-state index in [9.17, 15) is 0 Å². The number of rotatable bonds is 5. The van der Waals surface area contributed by atoms with Crippen LogP contribution in [0.1, 0.15) is 53.0 Å². The van der Waals surface area contributed by atoms with Gasteiger partial charge in [-0.2, -0.15) is 0 Å². The maximum atomic E-state index is 6.40. The second kappa shape index (κ2) is 6.25. The third-order valence-electron chi connectivity index (χ3n) is 6.30. The van der Waals surface area contributed by atoms with Crippen molar-refractivity contribution in [2.75, 3.05) is 0 Å². The molecule has 2 saturated carbocycles. The summed E-state index contributed by atoms with van der Waals surface area (Å²) in [6.45, 7) is 11.6. The molecule has 0 amide bonds. The molecule has 2 fully saturated rings. The van der Waals surface area contributed by atoms with Gasteiger partial charge in [0, 0.05) is 11.6 Å². The molecule has 0 spiro atoms. The first-order valence-electron chi connectivity index (χ1n) is 8.76. The van der Waals surface area contributed by atoms with Crippen LogP contribution in [0.15, 0.2) is 34.7 Å². The Hall–Kier alpha value is -0.800. The fraction of sp³-hybridized carbons (Fsp3) is 0.650. The molecule has 23 heavy (non-hydrogen) atoms. The summed E-state index contributed by atoms with van der Waals surface area (Å²) in [5, 5.41) is 0.464. The molecule has 4 unspecified atom stereocenters. The summed E-state index contributed by atoms with van der Waals surface area (Å²) in [5.74, 6) is 0.689. The predicted octanol–water partition coefficient (Wildman–Crippen LogP) is 5.37. The Morgan fingerprint density at radius 1 is 1.22 bits per heavy atom. The molecule has 0 saturated heterocycles. The second-order valence-corrected chi connectivity index (χ2v) is 9.07. The van der Waals surface area contributed by atoms with Crippen molar-refractivity contribution in [3.05, 3.63) is 35.9 Å². The molecule has 2 aliphatic carbocycles. The molecule has 0 radical (unpaired) electrons. The van der Waals surface area contributed by atoms with E-state index < -0.39 is 0 Å². The van der Waals surface area contributed by atoms with E-state index in [-0.39, 0.29) is 11.5 Å². The maximum Gasteiger partial charge on any atom is 0.0776 e. The Morgan fingerprint density at radius 2 is 1.91 bits per heavy atom. The van der Waals surface area contributed by atoms with Gasteiger partial charge in [0.1, 0.15) is 0 Å². The molecular weight excluding hydrogens is 302 g/mol. The first-order chi connectivity index (χ1) is 10.9. The van der Waals surface area contributed by atoms with E-state index in [1.807, 2.05) is 12.3 Å². The number of nitrogens with zero attached hydrogens (tertiary/aromatic N) is 1. The fourth-order valence-electron chi connectivity index (χ4n) is 4.57. The van der Waals surface area contributed by atoms with Gasteiger partial charge in [0.15, 0.2) is 0 Å². The van der Waals surface area contributed by atoms with Crippen LogP contribution in [-0.4, -0.2) is 23.7 Å². The van der Waals surface area contributed by atoms with Crippen LogP contribution < -0.4 is 0 Å². The van der Waals surface area contributed by atoms with Crippen LogP contribution in [0.5, 0.6) is 0 Å². The molecule has 0 heterocycles. The molecule has 2 nitrogen and oxygen atoms in total. The normalized spacial score (nSPS) is 35.5. The molecule has 0 aliphatic heterocycles. The standard InChI is InChI=1S/C20H29NOS/c1-14(2)22-18-17(16-11-12-20(18,5)19(16,3)4)23-21-13-15-9-7-6-8-10-15/h6-10,13-14,16-18H,11-12H2,1-5H3/b21-13+. The van der Waals surface area contributed by atoms with Gasteiger partial charge in [-0.15, -0.1) is 0 Å². The first kappa shape index (κ1) is 17.0. The zero-order valence-corrected chi connectivity index (χ0v) is 15.8. The lowest BCUT2D eigenvalue weighted by molar-refractivity contribution is -0.0716. The fourth-order valence-corrected chi connectivity index (χ4v) is 5.99. The molecule has 3 heteroatoms. The van der Waals surface area contributed by atoms with Crippen LogP contribution in [0.25, 0.3) is 0 Å². The van der Waals surface area contributed by atoms with Crippen molar-refractivity contribution in [3.8, 4) is 0 Å². The van der Waals surface area contributed by atoms with Crippen LogP contribution in [0.4, 0.5) is 0 Å². The van der Waals surface area contributed by atoms with Crippen LogP contribution in [-0.2, 0) is 4.74 Å². The Labute approximate surface area is 145 Å². The second-order valence-electron chi connectivity index (χ2n) is 8.10. The molecule has 4 atom stereocenters. The Kier molecular flexibility index (Phi) is 4.63. The van der Waals surface area contributed by atoms with Gasteiger partial charge in [0.2, 0.25) is 0 Å². The number of fused-ring (bicyclic) bond motifs is 2. The van der Waals surface area contributed by atoms with Gasteiger partial charge in [-0.25, -0.2) is 4.40 Å². The minimum atomic E-state index is 0.266. The van der Waals surface area contributed by atoms with Gasteiger partial charge in [0.05, 0.1) is 17.5 Å². The minimum absolute atomic E-state index is 0.266. The van der Waals surface area contributed by atoms with Crippen LogP contribution in [0.2, 0.25) is 0 Å². The summed E-state index contributed by atoms with van der Waals surface area (Å²) in [7, 11) is 0. The highest BCUT2D eigenvalue weighted by atomic mass is 32.2. The zero-order valence-electron chi connectivity index (χ0n) is 15.0. The highest BCUT2D eigenvalue weighted by molar-refractivity contribution is 7.98. The minimum Gasteiger partial charge on any atom is -0.374 e. The number of benzene rings is 1. The van der Waals surface area contributed by atoms with E-state index in [1.165, 1.54) is 12.8 Å². The van der Waals surface area contributed by atoms with E-state index in [1.54, 1.807) is 11.9 Å². The predicted molar refractivity (Wildman–Crippen MR) is 100 cm³/mol. The number of hydrogen-bond acceptors (Lipinski definition) is 3. The molecule has 1 aromatic carbocycles. The lowest BCUT2D eigenvalue weighted by Crippen LogP contribution is -2.42. The van der Waals surface area contributed by atoms with Crippen molar-refractivity contribution in [3.63, 3.8) is 0 Å². The molecule has 2 aliphatic rings. The van der Waals surface area contributed by atoms with Gasteiger partial charge in [0.25, 0.3) is 0 Å². The van der Waals surface area contributed by atoms with Crippen molar-refractivity contribution >= 4 is 18.2 Å². The van der Waals surface area contributed by atoms with E-state index in [0.29, 0.717) is 22.7 Å². The average Bonchev–Trinajstić information content (AvgIpc) is 2.81. The van der Waals surface area contributed by atoms with Gasteiger partial charge >= 0.3 is 0 Å². The lowest BCUT2D eigenvalue weighted by atomic mass is 9.70. The van der Waals surface area contributed by atoms with E-state index in [2.05, 4.69) is 58.9 Å². The maximum absolute atomic E-state index is 6.40. The number of hydrogen-bond donors (Lipinski definition) is 0. The van der Waals surface area contributed by atoms with Crippen LogP contribution in [0, 0.1) is 16.7 Å². The molecular formula is C20H29NOS. The van der Waals surface area contributed by atoms with Crippen LogP contribution >= 0.6 is 11.9 Å². The van der Waals surface area contributed by atoms with Gasteiger partial charge in [-0.1, -0.05) is 51.1 Å². The SMILES string of the molecule is CC(C)OC1C(S/N=C/c2ccccc2)C2CCC1(C)C2(C)C. The average molecular weight is 332 g/mol. The van der Waals surface area contributed by atoms with Gasteiger partial charge in [-0.05, 0) is 55.5 Å². The summed E-state index contributed by atoms with van der Waals surface area (Å²) in [4.78, 5) is 0. The van der Waals surface area contributed by atoms with Crippen molar-refractivity contribution < 1.29 is 4.74 Å². The van der Waals surface area contributed by atoms with Crippen LogP contribution in [0.3, 0.4) is 0 Å². The summed E-state index contributed by atoms with van der Waals surface area (Å²) in [6.07, 6.45) is 5.14. The van der Waals surface area contributed by atoms with Crippen molar-refractivity contribution in [1.82, 2.24) is 0 Å². The molecule has 2 bridgehead atoms. The molecule has 1 aromatic rings. The Morgan fingerprint density at radius 3 is 2.57 bits per heavy atom. The molecule has 0 aromatic heterocycles. The molecule has 0 N–H and O–H groups in total. The summed E-state index contributed by atoms with van der Waals surface area (Å²) >= 11 is 1.74. The highest BCUT2D eigenvalue weighted by Gasteiger charge is 2.67. The Bertz CT molecular complexity index is 568. The smallest absolute Gasteiger partial charge is 0.0776 e. The topological polar surface area (TPSA) is 21.6 Å². The summed E-state index contributed by atoms with van der Waals surface area (Å²) < 4.78 is 11.1. The van der Waals surface area contributed by atoms with E-state index in [4.69, 9.17) is 9.13 Å². The van der Waals surface area contributed by atoms with E-state index in [0.717, 1.165) is 5.56 Å². The third kappa shape index (κ3) is 2.87. The van der Waals surface area contributed by atoms with Crippen molar-refractivity contribution in [1.29, 1.82) is 0 Å². The first-order valence-corrected chi connectivity index (χ1v) is 9.59. The van der Waals surface area contributed by atoms with Gasteiger partial charge < -0.3 is 4.74 Å². The third-order valence-corrected chi connectivity index (χ3v) is 7.35. The Balaban J connectivity index is 1.78. The monoisotopic (exact) mass is 331 g/mol. The lowest BCUT2D eigenvalue weighted by Gasteiger charge is -2.40. The van der Waals surface area contributed by atoms with Crippen molar-refractivity contribution in [2.24, 2.45) is 21.1 Å². The quantitative estimate of drug-likeness (QED) is 0.534. The van der Waals surface area contributed by atoms with Crippen molar-refractivity contribution in [2.45, 2.75) is 64.9 Å². The summed E-state index contributed by atoms with van der Waals surface area (Å²) in [6, 6.07) is 10.3. The van der Waals surface area contributed by atoms with E-state index >= 15 is 0 Å². The highest BCUT2D eigenvalue weighted by Crippen LogP contribution is 2.68. The zero-order chi connectivity index (χ0) is 16.7. The molecule has 126 valence electrons. The largest absolute Gasteiger partial charge is 0.374 e. The number of ether oxygens (including phenoxy) is 1. The van der Waals surface area contributed by atoms with Gasteiger partial charge in [-0.3, -0.25) is 0 Å². The molecule has 3 rings (SSSR count). The summed E-state index contributed by atoms with van der Waals surface area (Å²) in [5.41, 5.74) is 1.75.